The number of aromatic nitrogens is 5. The number of carbonyl (C=O) groups excluding carboxylic acids is 1. The predicted octanol–water partition coefficient (Wildman–Crippen LogP) is 3.38. The average Bonchev–Trinajstić information content (AvgIpc) is 3.46. The number of amides is 1. The fourth-order valence-corrected chi connectivity index (χ4v) is 3.34. The molecule has 4 heterocycles. The monoisotopic (exact) mass is 393 g/mol. The second kappa shape index (κ2) is 6.42. The van der Waals surface area contributed by atoms with Gasteiger partial charge >= 0.3 is 0 Å². The number of halogens is 1. The van der Waals surface area contributed by atoms with Crippen molar-refractivity contribution in [2.75, 3.05) is 17.7 Å². The summed E-state index contributed by atoms with van der Waals surface area (Å²) in [5.41, 5.74) is 1.31. The lowest BCUT2D eigenvalue weighted by molar-refractivity contribution is -0.117. The van der Waals surface area contributed by atoms with Gasteiger partial charge < -0.3 is 10.6 Å². The van der Waals surface area contributed by atoms with Crippen LogP contribution < -0.4 is 10.6 Å². The first-order valence-electron chi connectivity index (χ1n) is 8.92. The topological polar surface area (TPSA) is 97.1 Å². The molecule has 9 heteroatoms. The molecule has 0 aromatic carbocycles. The van der Waals surface area contributed by atoms with Crippen molar-refractivity contribution in [1.82, 2.24) is 24.6 Å². The summed E-state index contributed by atoms with van der Waals surface area (Å²) in [7, 11) is 1.80. The van der Waals surface area contributed by atoms with Gasteiger partial charge in [0.2, 0.25) is 5.91 Å². The highest BCUT2D eigenvalue weighted by Gasteiger charge is 2.30. The Morgan fingerprint density at radius 1 is 1.25 bits per heavy atom. The molecule has 0 aliphatic heterocycles. The first kappa shape index (κ1) is 16.9. The third-order valence-electron chi connectivity index (χ3n) is 4.76. The molecular formula is C19H16ClN7O. The van der Waals surface area contributed by atoms with Crippen LogP contribution in [0.25, 0.3) is 27.8 Å². The second-order valence-electron chi connectivity index (χ2n) is 6.71. The van der Waals surface area contributed by atoms with Crippen molar-refractivity contribution in [1.29, 1.82) is 0 Å². The van der Waals surface area contributed by atoms with Crippen molar-refractivity contribution < 1.29 is 4.79 Å². The van der Waals surface area contributed by atoms with Gasteiger partial charge in [-0.25, -0.2) is 19.5 Å². The van der Waals surface area contributed by atoms with Crippen molar-refractivity contribution in [2.24, 2.45) is 5.92 Å². The second-order valence-corrected chi connectivity index (χ2v) is 7.12. The lowest BCUT2D eigenvalue weighted by Gasteiger charge is -2.10. The third kappa shape index (κ3) is 2.82. The van der Waals surface area contributed by atoms with E-state index >= 15 is 0 Å². The average molecular weight is 394 g/mol. The van der Waals surface area contributed by atoms with E-state index in [0.29, 0.717) is 28.1 Å². The van der Waals surface area contributed by atoms with E-state index in [4.69, 9.17) is 11.6 Å². The smallest absolute Gasteiger partial charge is 0.228 e. The number of nitrogens with zero attached hydrogens (tertiary/aromatic N) is 5. The van der Waals surface area contributed by atoms with E-state index in [1.54, 1.807) is 36.2 Å². The fourth-order valence-electron chi connectivity index (χ4n) is 3.14. The zero-order valence-corrected chi connectivity index (χ0v) is 15.7. The number of hydrogen-bond donors (Lipinski definition) is 2. The van der Waals surface area contributed by atoms with E-state index in [9.17, 15) is 4.79 Å². The Labute approximate surface area is 165 Å². The van der Waals surface area contributed by atoms with Gasteiger partial charge in [-0.1, -0.05) is 11.6 Å². The van der Waals surface area contributed by atoms with Gasteiger partial charge in [0.15, 0.2) is 11.5 Å². The maximum atomic E-state index is 12.1. The van der Waals surface area contributed by atoms with E-state index in [1.807, 2.05) is 12.1 Å². The van der Waals surface area contributed by atoms with Crippen LogP contribution in [0.4, 0.5) is 11.6 Å². The molecule has 0 atom stereocenters. The van der Waals surface area contributed by atoms with Crippen LogP contribution in [0.1, 0.15) is 12.8 Å². The molecule has 8 nitrogen and oxygen atoms in total. The molecule has 0 unspecified atom stereocenters. The number of rotatable bonds is 4. The summed E-state index contributed by atoms with van der Waals surface area (Å²) >= 11 is 6.24. The Morgan fingerprint density at radius 2 is 2.11 bits per heavy atom. The molecule has 0 saturated heterocycles. The summed E-state index contributed by atoms with van der Waals surface area (Å²) in [5.74, 6) is 1.80. The molecule has 0 spiro atoms. The summed E-state index contributed by atoms with van der Waals surface area (Å²) in [4.78, 5) is 25.5. The first-order chi connectivity index (χ1) is 13.6. The maximum Gasteiger partial charge on any atom is 0.228 e. The lowest BCUT2D eigenvalue weighted by Crippen LogP contribution is -2.14. The molecule has 1 amide bonds. The standard InChI is InChI=1S/C19H16ClN7O/c1-21-16-12-8-22-15(24-19(28)10-4-5-10)7-11(12)13(9-23-16)17-25-18-14(20)3-2-6-27(18)26-17/h2-3,6-10H,4-5H2,1H3,(H,21,23)(H,22,24,28). The number of carbonyl (C=O) groups is 1. The molecule has 4 aromatic rings. The quantitative estimate of drug-likeness (QED) is 0.551. The highest BCUT2D eigenvalue weighted by atomic mass is 35.5. The van der Waals surface area contributed by atoms with E-state index in [1.165, 1.54) is 0 Å². The molecule has 5 rings (SSSR count). The highest BCUT2D eigenvalue weighted by molar-refractivity contribution is 6.33. The predicted molar refractivity (Wildman–Crippen MR) is 107 cm³/mol. The first-order valence-corrected chi connectivity index (χ1v) is 9.30. The van der Waals surface area contributed by atoms with E-state index in [-0.39, 0.29) is 11.8 Å². The summed E-state index contributed by atoms with van der Waals surface area (Å²) < 4.78 is 1.63. The van der Waals surface area contributed by atoms with Crippen molar-refractivity contribution in [3.05, 3.63) is 41.8 Å². The zero-order chi connectivity index (χ0) is 19.3. The van der Waals surface area contributed by atoms with Gasteiger partial charge in [-0.05, 0) is 31.0 Å². The van der Waals surface area contributed by atoms with Crippen molar-refractivity contribution in [3.8, 4) is 11.4 Å². The molecule has 140 valence electrons. The Balaban J connectivity index is 1.67. The molecule has 4 aromatic heterocycles. The molecule has 28 heavy (non-hydrogen) atoms. The number of fused-ring (bicyclic) bond motifs is 2. The number of anilines is 2. The summed E-state index contributed by atoms with van der Waals surface area (Å²) in [5, 5.41) is 12.7. The normalized spacial score (nSPS) is 13.8. The molecule has 1 fully saturated rings. The minimum absolute atomic E-state index is 0.00827. The van der Waals surface area contributed by atoms with Crippen LogP contribution in [-0.4, -0.2) is 37.5 Å². The van der Waals surface area contributed by atoms with Crippen LogP contribution in [0.5, 0.6) is 0 Å². The third-order valence-corrected chi connectivity index (χ3v) is 5.06. The lowest BCUT2D eigenvalue weighted by atomic mass is 10.1. The maximum absolute atomic E-state index is 12.1. The van der Waals surface area contributed by atoms with Crippen LogP contribution in [0.2, 0.25) is 5.02 Å². The minimum Gasteiger partial charge on any atom is -0.373 e. The Kier molecular flexibility index (Phi) is 3.87. The summed E-state index contributed by atoms with van der Waals surface area (Å²) in [6.07, 6.45) is 7.07. The zero-order valence-electron chi connectivity index (χ0n) is 15.0. The van der Waals surface area contributed by atoms with Crippen LogP contribution in [-0.2, 0) is 4.79 Å². The number of hydrogen-bond acceptors (Lipinski definition) is 6. The van der Waals surface area contributed by atoms with Gasteiger partial charge in [0.25, 0.3) is 0 Å². The van der Waals surface area contributed by atoms with Crippen molar-refractivity contribution >= 4 is 45.6 Å². The van der Waals surface area contributed by atoms with Crippen molar-refractivity contribution in [2.45, 2.75) is 12.8 Å². The molecule has 2 N–H and O–H groups in total. The fraction of sp³-hybridized carbons (Fsp3) is 0.211. The van der Waals surface area contributed by atoms with Gasteiger partial charge in [0, 0.05) is 47.9 Å². The van der Waals surface area contributed by atoms with Gasteiger partial charge in [0.1, 0.15) is 11.6 Å². The molecule has 0 bridgehead atoms. The summed E-state index contributed by atoms with van der Waals surface area (Å²) in [6, 6.07) is 5.41. The highest BCUT2D eigenvalue weighted by Crippen LogP contribution is 2.33. The Bertz CT molecular complexity index is 1230. The molecule has 1 aliphatic rings. The molecule has 0 radical (unpaired) electrons. The SMILES string of the molecule is CNc1ncc(-c2nc3c(Cl)cccn3n2)c2cc(NC(=O)C3CC3)ncc12. The van der Waals surface area contributed by atoms with E-state index in [2.05, 4.69) is 30.7 Å². The van der Waals surface area contributed by atoms with Gasteiger partial charge in [-0.3, -0.25) is 4.79 Å². The Hall–Kier alpha value is -3.26. The molecular weight excluding hydrogens is 378 g/mol. The Morgan fingerprint density at radius 3 is 2.86 bits per heavy atom. The number of pyridine rings is 3. The molecule has 1 saturated carbocycles. The van der Waals surface area contributed by atoms with Gasteiger partial charge in [-0.15, -0.1) is 5.10 Å². The summed E-state index contributed by atoms with van der Waals surface area (Å²) in [6.45, 7) is 0. The van der Waals surface area contributed by atoms with Crippen LogP contribution in [0.15, 0.2) is 36.8 Å². The van der Waals surface area contributed by atoms with E-state index in [0.717, 1.165) is 29.2 Å². The molecule has 1 aliphatic carbocycles. The van der Waals surface area contributed by atoms with E-state index < -0.39 is 0 Å². The van der Waals surface area contributed by atoms with Gasteiger partial charge in [0.05, 0.1) is 5.02 Å². The van der Waals surface area contributed by atoms with Crippen LogP contribution in [0.3, 0.4) is 0 Å². The van der Waals surface area contributed by atoms with Crippen LogP contribution >= 0.6 is 11.6 Å². The van der Waals surface area contributed by atoms with Crippen LogP contribution in [0, 0.1) is 5.92 Å². The van der Waals surface area contributed by atoms with Gasteiger partial charge in [-0.2, -0.15) is 0 Å². The largest absolute Gasteiger partial charge is 0.373 e. The van der Waals surface area contributed by atoms with Crippen molar-refractivity contribution in [3.63, 3.8) is 0 Å². The minimum atomic E-state index is 0.00827. The number of nitrogens with one attached hydrogen (secondary N) is 2.